The molecular weight excluding hydrogens is 466 g/mol. The highest BCUT2D eigenvalue weighted by molar-refractivity contribution is 6.32. The second-order valence-corrected chi connectivity index (χ2v) is 8.05. The Balaban J connectivity index is 1.52. The molecule has 0 aliphatic heterocycles. The lowest BCUT2D eigenvalue weighted by atomic mass is 10.0. The van der Waals surface area contributed by atoms with Crippen molar-refractivity contribution in [3.63, 3.8) is 0 Å². The number of nitro benzene ring substituents is 1. The maximum absolute atomic E-state index is 12.6. The van der Waals surface area contributed by atoms with E-state index in [9.17, 15) is 19.7 Å². The first-order valence-corrected chi connectivity index (χ1v) is 10.8. The summed E-state index contributed by atoms with van der Waals surface area (Å²) in [5.41, 5.74) is 0.339. The molecule has 12 heteroatoms. The van der Waals surface area contributed by atoms with Gasteiger partial charge in [-0.3, -0.25) is 19.9 Å². The highest BCUT2D eigenvalue weighted by Gasteiger charge is 2.27. The predicted molar refractivity (Wildman–Crippen MR) is 121 cm³/mol. The minimum Gasteiger partial charge on any atom is -0.464 e. The summed E-state index contributed by atoms with van der Waals surface area (Å²) in [7, 11) is 0. The number of nitrogens with zero attached hydrogens (tertiary/aromatic N) is 4. The summed E-state index contributed by atoms with van der Waals surface area (Å²) in [4.78, 5) is 43.8. The topological polar surface area (TPSA) is 150 Å². The molecule has 0 radical (unpaired) electrons. The van der Waals surface area contributed by atoms with Gasteiger partial charge in [0.1, 0.15) is 11.1 Å². The van der Waals surface area contributed by atoms with Crippen LogP contribution in [0.5, 0.6) is 0 Å². The predicted octanol–water partition coefficient (Wildman–Crippen LogP) is 3.62. The van der Waals surface area contributed by atoms with E-state index in [1.807, 2.05) is 6.07 Å². The summed E-state index contributed by atoms with van der Waals surface area (Å²) in [5, 5.41) is 17.4. The maximum Gasteiger partial charge on any atom is 0.328 e. The first-order chi connectivity index (χ1) is 16.3. The fourth-order valence-corrected chi connectivity index (χ4v) is 3.16. The van der Waals surface area contributed by atoms with Crippen molar-refractivity contribution in [1.82, 2.24) is 20.4 Å². The van der Waals surface area contributed by atoms with Gasteiger partial charge in [-0.2, -0.15) is 4.98 Å². The van der Waals surface area contributed by atoms with Gasteiger partial charge in [-0.15, -0.1) is 0 Å². The van der Waals surface area contributed by atoms with E-state index in [2.05, 4.69) is 20.4 Å². The zero-order chi connectivity index (χ0) is 24.7. The van der Waals surface area contributed by atoms with Gasteiger partial charge in [0.2, 0.25) is 11.7 Å². The van der Waals surface area contributed by atoms with Gasteiger partial charge in [0.05, 0.1) is 11.5 Å². The number of esters is 1. The van der Waals surface area contributed by atoms with Crippen LogP contribution in [-0.2, 0) is 16.0 Å². The number of hydrogen-bond acceptors (Lipinski definition) is 9. The number of pyridine rings is 1. The van der Waals surface area contributed by atoms with Crippen LogP contribution in [0.4, 0.5) is 5.69 Å². The van der Waals surface area contributed by atoms with Crippen molar-refractivity contribution in [3.8, 4) is 11.4 Å². The fraction of sp³-hybridized carbons (Fsp3) is 0.318. The summed E-state index contributed by atoms with van der Waals surface area (Å²) < 4.78 is 10.5. The third kappa shape index (κ3) is 6.35. The van der Waals surface area contributed by atoms with E-state index in [4.69, 9.17) is 20.9 Å². The van der Waals surface area contributed by atoms with Gasteiger partial charge in [-0.25, -0.2) is 4.79 Å². The molecule has 34 heavy (non-hydrogen) atoms. The Hall–Kier alpha value is -3.86. The van der Waals surface area contributed by atoms with Crippen molar-refractivity contribution in [2.24, 2.45) is 5.92 Å². The summed E-state index contributed by atoms with van der Waals surface area (Å²) >= 11 is 5.78. The van der Waals surface area contributed by atoms with E-state index in [-0.39, 0.29) is 23.1 Å². The minimum absolute atomic E-state index is 0.00960. The molecule has 178 valence electrons. The maximum atomic E-state index is 12.6. The molecule has 0 bridgehead atoms. The standard InChI is InChI=1S/C22H22ClN5O6/c1-13(2)19(26-21(29)14-7-8-16(23)17(11-14)28(31)32)22(30)33-10-4-6-18-25-20(27-34-18)15-5-3-9-24-12-15/h3,5,7-9,11-13,19H,4,6,10H2,1-2H3,(H,26,29)/t19-/m0/s1. The zero-order valence-electron chi connectivity index (χ0n) is 18.4. The summed E-state index contributed by atoms with van der Waals surface area (Å²) in [5.74, 6) is -0.729. The molecule has 1 atom stereocenters. The first-order valence-electron chi connectivity index (χ1n) is 10.4. The average Bonchev–Trinajstić information content (AvgIpc) is 3.29. The fourth-order valence-electron chi connectivity index (χ4n) is 2.97. The lowest BCUT2D eigenvalue weighted by Crippen LogP contribution is -2.45. The largest absolute Gasteiger partial charge is 0.464 e. The number of rotatable bonds is 10. The van der Waals surface area contributed by atoms with Gasteiger partial charge in [-0.1, -0.05) is 30.6 Å². The Bertz CT molecular complexity index is 1170. The average molecular weight is 488 g/mol. The Kier molecular flexibility index (Phi) is 8.25. The van der Waals surface area contributed by atoms with E-state index in [1.165, 1.54) is 12.1 Å². The van der Waals surface area contributed by atoms with Crippen molar-refractivity contribution in [3.05, 3.63) is 69.3 Å². The molecule has 0 saturated heterocycles. The van der Waals surface area contributed by atoms with Crippen LogP contribution in [0.15, 0.2) is 47.2 Å². The number of halogens is 1. The third-order valence-electron chi connectivity index (χ3n) is 4.78. The molecule has 2 heterocycles. The van der Waals surface area contributed by atoms with Crippen LogP contribution in [-0.4, -0.2) is 44.6 Å². The number of nitrogens with one attached hydrogen (secondary N) is 1. The van der Waals surface area contributed by atoms with Crippen LogP contribution >= 0.6 is 11.6 Å². The van der Waals surface area contributed by atoms with E-state index < -0.39 is 28.5 Å². The molecule has 0 unspecified atom stereocenters. The number of carbonyl (C=O) groups is 2. The molecule has 0 aliphatic rings. The van der Waals surface area contributed by atoms with Crippen molar-refractivity contribution < 1.29 is 23.8 Å². The highest BCUT2D eigenvalue weighted by atomic mass is 35.5. The Labute approximate surface area is 199 Å². The lowest BCUT2D eigenvalue weighted by molar-refractivity contribution is -0.384. The third-order valence-corrected chi connectivity index (χ3v) is 5.10. The minimum atomic E-state index is -0.942. The van der Waals surface area contributed by atoms with Crippen LogP contribution in [0, 0.1) is 16.0 Å². The van der Waals surface area contributed by atoms with Gasteiger partial charge in [0.15, 0.2) is 0 Å². The summed E-state index contributed by atoms with van der Waals surface area (Å²) in [6.45, 7) is 3.57. The number of ether oxygens (including phenoxy) is 1. The SMILES string of the molecule is CC(C)[C@H](NC(=O)c1ccc(Cl)c([N+](=O)[O-])c1)C(=O)OCCCc1nc(-c2cccnc2)no1. The quantitative estimate of drug-likeness (QED) is 0.195. The van der Waals surface area contributed by atoms with E-state index in [0.29, 0.717) is 24.6 Å². The molecular formula is C22H22ClN5O6. The first kappa shape index (κ1) is 24.8. The monoisotopic (exact) mass is 487 g/mol. The van der Waals surface area contributed by atoms with E-state index in [1.54, 1.807) is 32.3 Å². The number of carbonyl (C=O) groups excluding carboxylic acids is 2. The van der Waals surface area contributed by atoms with Crippen molar-refractivity contribution in [2.75, 3.05) is 6.61 Å². The van der Waals surface area contributed by atoms with E-state index in [0.717, 1.165) is 11.6 Å². The van der Waals surface area contributed by atoms with Crippen LogP contribution in [0.3, 0.4) is 0 Å². The molecule has 0 spiro atoms. The molecule has 0 saturated carbocycles. The second-order valence-electron chi connectivity index (χ2n) is 7.64. The number of hydrogen-bond donors (Lipinski definition) is 1. The van der Waals surface area contributed by atoms with Crippen molar-refractivity contribution in [1.29, 1.82) is 0 Å². The molecule has 1 amide bonds. The number of amides is 1. The summed E-state index contributed by atoms with van der Waals surface area (Å²) in [6.07, 6.45) is 4.10. The molecule has 0 aliphatic carbocycles. The van der Waals surface area contributed by atoms with Gasteiger partial charge in [0.25, 0.3) is 11.6 Å². The lowest BCUT2D eigenvalue weighted by Gasteiger charge is -2.21. The number of aryl methyl sites for hydroxylation is 1. The Morgan fingerprint density at radius 1 is 1.29 bits per heavy atom. The summed E-state index contributed by atoms with van der Waals surface area (Å²) in [6, 6.07) is 6.30. The molecule has 3 aromatic rings. The second kappa shape index (κ2) is 11.3. The van der Waals surface area contributed by atoms with E-state index >= 15 is 0 Å². The number of benzene rings is 1. The Morgan fingerprint density at radius 3 is 2.76 bits per heavy atom. The normalized spacial score (nSPS) is 11.8. The highest BCUT2D eigenvalue weighted by Crippen LogP contribution is 2.25. The van der Waals surface area contributed by atoms with Gasteiger partial charge in [0, 0.05) is 36.0 Å². The van der Waals surface area contributed by atoms with Gasteiger partial charge >= 0.3 is 5.97 Å². The molecule has 2 aromatic heterocycles. The number of aromatic nitrogens is 3. The van der Waals surface area contributed by atoms with Crippen molar-refractivity contribution in [2.45, 2.75) is 32.7 Å². The van der Waals surface area contributed by atoms with Crippen LogP contribution in [0.25, 0.3) is 11.4 Å². The van der Waals surface area contributed by atoms with Crippen LogP contribution < -0.4 is 5.32 Å². The molecule has 1 N–H and O–H groups in total. The molecule has 11 nitrogen and oxygen atoms in total. The van der Waals surface area contributed by atoms with Gasteiger partial charge in [-0.05, 0) is 36.6 Å². The molecule has 1 aromatic carbocycles. The smallest absolute Gasteiger partial charge is 0.328 e. The molecule has 0 fully saturated rings. The zero-order valence-corrected chi connectivity index (χ0v) is 19.2. The Morgan fingerprint density at radius 2 is 2.09 bits per heavy atom. The van der Waals surface area contributed by atoms with Crippen LogP contribution in [0.2, 0.25) is 5.02 Å². The van der Waals surface area contributed by atoms with Gasteiger partial charge < -0.3 is 14.6 Å². The van der Waals surface area contributed by atoms with Crippen molar-refractivity contribution >= 4 is 29.2 Å². The number of nitro groups is 1. The van der Waals surface area contributed by atoms with Crippen LogP contribution in [0.1, 0.15) is 36.5 Å². The molecule has 3 rings (SSSR count).